The summed E-state index contributed by atoms with van der Waals surface area (Å²) in [6.45, 7) is 0. The van der Waals surface area contributed by atoms with E-state index in [2.05, 4.69) is 21.0 Å². The predicted molar refractivity (Wildman–Crippen MR) is 107 cm³/mol. The minimum Gasteiger partial charge on any atom is -1.00 e. The number of hydrazone groups is 1. The molecule has 0 saturated heterocycles. The number of hydrogen-bond donors (Lipinski definition) is 3. The quantitative estimate of drug-likeness (QED) is 0.228. The van der Waals surface area contributed by atoms with Gasteiger partial charge in [-0.15, -0.1) is 5.12 Å². The molecule has 1 heterocycles. The smallest absolute Gasteiger partial charge is 0.328 e. The first-order valence-corrected chi connectivity index (χ1v) is 9.23. The van der Waals surface area contributed by atoms with Gasteiger partial charge in [0.15, 0.2) is 0 Å². The van der Waals surface area contributed by atoms with Crippen LogP contribution in [0.25, 0.3) is 0 Å². The Morgan fingerprint density at radius 1 is 0.897 bits per heavy atom. The summed E-state index contributed by atoms with van der Waals surface area (Å²) >= 11 is 3.39. The molecule has 9 heteroatoms. The zero-order chi connectivity index (χ0) is 19.7. The van der Waals surface area contributed by atoms with Crippen LogP contribution in [0.1, 0.15) is 15.9 Å². The number of para-hydroxylation sites is 2. The first-order valence-electron chi connectivity index (χ1n) is 8.43. The van der Waals surface area contributed by atoms with E-state index in [0.717, 1.165) is 4.47 Å². The Morgan fingerprint density at radius 3 is 2.17 bits per heavy atom. The summed E-state index contributed by atoms with van der Waals surface area (Å²) in [5.41, 5.74) is 2.83. The minimum atomic E-state index is -0.449. The molecule has 29 heavy (non-hydrogen) atoms. The number of amidine groups is 1. The second-order valence-corrected chi connectivity index (χ2v) is 6.98. The SMILES string of the molecule is O=C(c1ccccc1O)N1[NH2+]C(c2ccccc2O)=NN1c1ccc(Br)cc1.[I-]. The molecular formula is C20H16BrIN4O3. The van der Waals surface area contributed by atoms with E-state index in [9.17, 15) is 15.0 Å². The van der Waals surface area contributed by atoms with Gasteiger partial charge in [-0.3, -0.25) is 4.79 Å². The van der Waals surface area contributed by atoms with Gasteiger partial charge in [0.25, 0.3) is 5.84 Å². The first-order chi connectivity index (χ1) is 13.5. The van der Waals surface area contributed by atoms with Gasteiger partial charge in [0.1, 0.15) is 17.1 Å². The van der Waals surface area contributed by atoms with Crippen LogP contribution in [0.5, 0.6) is 11.5 Å². The topological polar surface area (TPSA) is 93.0 Å². The van der Waals surface area contributed by atoms with Crippen LogP contribution in [-0.4, -0.2) is 27.1 Å². The molecule has 148 valence electrons. The number of rotatable bonds is 3. The van der Waals surface area contributed by atoms with E-state index in [1.165, 1.54) is 21.7 Å². The van der Waals surface area contributed by atoms with Crippen molar-refractivity contribution in [2.75, 3.05) is 5.12 Å². The molecule has 0 radical (unpaired) electrons. The summed E-state index contributed by atoms with van der Waals surface area (Å²) in [7, 11) is 0. The number of carbonyl (C=O) groups is 1. The average molecular weight is 567 g/mol. The van der Waals surface area contributed by atoms with E-state index in [0.29, 0.717) is 17.1 Å². The Kier molecular flexibility index (Phi) is 6.40. The third kappa shape index (κ3) is 4.21. The molecular weight excluding hydrogens is 551 g/mol. The summed E-state index contributed by atoms with van der Waals surface area (Å²) in [6, 6.07) is 20.4. The summed E-state index contributed by atoms with van der Waals surface area (Å²) in [6.07, 6.45) is 0. The number of phenolic OH excluding ortho intramolecular Hbond substituents is 2. The maximum atomic E-state index is 13.1. The van der Waals surface area contributed by atoms with E-state index < -0.39 is 5.91 Å². The van der Waals surface area contributed by atoms with Crippen molar-refractivity contribution in [1.82, 2.24) is 5.12 Å². The van der Waals surface area contributed by atoms with Crippen LogP contribution in [0.4, 0.5) is 5.69 Å². The van der Waals surface area contributed by atoms with Crippen LogP contribution >= 0.6 is 15.9 Å². The van der Waals surface area contributed by atoms with Gasteiger partial charge in [0.05, 0.1) is 11.3 Å². The number of anilines is 1. The van der Waals surface area contributed by atoms with E-state index in [1.54, 1.807) is 54.6 Å². The molecule has 1 aliphatic heterocycles. The van der Waals surface area contributed by atoms with Gasteiger partial charge < -0.3 is 34.2 Å². The highest BCUT2D eigenvalue weighted by molar-refractivity contribution is 9.10. The van der Waals surface area contributed by atoms with Crippen molar-refractivity contribution in [2.24, 2.45) is 5.10 Å². The van der Waals surface area contributed by atoms with Crippen molar-refractivity contribution in [1.29, 1.82) is 0 Å². The number of quaternary nitrogens is 1. The third-order valence-corrected chi connectivity index (χ3v) is 4.76. The molecule has 0 unspecified atom stereocenters. The van der Waals surface area contributed by atoms with E-state index in [1.807, 2.05) is 12.1 Å². The van der Waals surface area contributed by atoms with Crippen molar-refractivity contribution < 1.29 is 44.4 Å². The summed E-state index contributed by atoms with van der Waals surface area (Å²) in [5.74, 6) is -0.0854. The van der Waals surface area contributed by atoms with Crippen LogP contribution < -0.4 is 34.5 Å². The maximum absolute atomic E-state index is 13.1. The van der Waals surface area contributed by atoms with E-state index in [-0.39, 0.29) is 41.0 Å². The molecule has 0 fully saturated rings. The molecule has 0 saturated carbocycles. The fraction of sp³-hybridized carbons (Fsp3) is 0. The zero-order valence-electron chi connectivity index (χ0n) is 14.9. The second-order valence-electron chi connectivity index (χ2n) is 6.06. The lowest BCUT2D eigenvalue weighted by molar-refractivity contribution is -0.681. The lowest BCUT2D eigenvalue weighted by Crippen LogP contribution is -3.00. The highest BCUT2D eigenvalue weighted by Crippen LogP contribution is 2.25. The molecule has 3 aromatic rings. The van der Waals surface area contributed by atoms with Gasteiger partial charge in [-0.05, 0) is 48.5 Å². The molecule has 7 nitrogen and oxygen atoms in total. The number of amides is 1. The second kappa shape index (κ2) is 8.80. The number of hydrogen-bond acceptors (Lipinski definition) is 5. The number of hydrazine groups is 1. The highest BCUT2D eigenvalue weighted by atomic mass is 127. The molecule has 0 bridgehead atoms. The van der Waals surface area contributed by atoms with Crippen LogP contribution in [0, 0.1) is 0 Å². The van der Waals surface area contributed by atoms with Crippen molar-refractivity contribution >= 4 is 33.4 Å². The van der Waals surface area contributed by atoms with Gasteiger partial charge in [-0.1, -0.05) is 50.4 Å². The van der Waals surface area contributed by atoms with Gasteiger partial charge in [-0.2, -0.15) is 5.43 Å². The fourth-order valence-electron chi connectivity index (χ4n) is 2.84. The molecule has 3 aromatic carbocycles. The largest absolute Gasteiger partial charge is 1.00 e. The molecule has 0 aliphatic carbocycles. The Hall–Kier alpha value is -2.63. The Bertz CT molecular complexity index is 1080. The number of phenols is 2. The first kappa shape index (κ1) is 21.1. The van der Waals surface area contributed by atoms with Crippen molar-refractivity contribution in [3.63, 3.8) is 0 Å². The van der Waals surface area contributed by atoms with Gasteiger partial charge in [-0.25, -0.2) is 0 Å². The number of carbonyl (C=O) groups excluding carboxylic acids is 1. The molecule has 0 atom stereocenters. The number of aromatic hydroxyl groups is 2. The maximum Gasteiger partial charge on any atom is 0.328 e. The standard InChI is InChI=1S/C20H15BrN4O3.HI/c21-13-9-11-14(12-10-13)24-22-19(15-5-1-3-7-17(15)26)23-25(24)20(28)16-6-2-4-8-18(16)27;/h1-12,26-27H,(H,22,23);1H. The normalized spacial score (nSPS) is 13.1. The Labute approximate surface area is 192 Å². The molecule has 0 aromatic heterocycles. The van der Waals surface area contributed by atoms with Crippen molar-refractivity contribution in [3.8, 4) is 11.5 Å². The average Bonchev–Trinajstić information content (AvgIpc) is 3.14. The Morgan fingerprint density at radius 2 is 1.52 bits per heavy atom. The Balaban J connectivity index is 0.00000240. The summed E-state index contributed by atoms with van der Waals surface area (Å²) in [5, 5.41) is 27.5. The van der Waals surface area contributed by atoms with Crippen molar-refractivity contribution in [3.05, 3.63) is 88.4 Å². The predicted octanol–water partition coefficient (Wildman–Crippen LogP) is -0.418. The van der Waals surface area contributed by atoms with Crippen molar-refractivity contribution in [2.45, 2.75) is 0 Å². The monoisotopic (exact) mass is 566 g/mol. The molecule has 4 N–H and O–H groups in total. The summed E-state index contributed by atoms with van der Waals surface area (Å²) < 4.78 is 0.892. The van der Waals surface area contributed by atoms with Crippen LogP contribution in [0.3, 0.4) is 0 Å². The van der Waals surface area contributed by atoms with Crippen LogP contribution in [0.15, 0.2) is 82.4 Å². The van der Waals surface area contributed by atoms with Gasteiger partial charge in [0, 0.05) is 4.47 Å². The highest BCUT2D eigenvalue weighted by Gasteiger charge is 2.37. The lowest BCUT2D eigenvalue weighted by atomic mass is 10.2. The van der Waals surface area contributed by atoms with Crippen LogP contribution in [-0.2, 0) is 0 Å². The fourth-order valence-corrected chi connectivity index (χ4v) is 3.10. The minimum absolute atomic E-state index is 0. The molecule has 1 amide bonds. The number of halogens is 2. The number of nitrogens with zero attached hydrogens (tertiary/aromatic N) is 3. The lowest BCUT2D eigenvalue weighted by Gasteiger charge is -2.22. The molecule has 1 aliphatic rings. The zero-order valence-corrected chi connectivity index (χ0v) is 18.6. The number of nitrogens with two attached hydrogens (primary N) is 1. The molecule has 0 spiro atoms. The summed E-state index contributed by atoms with van der Waals surface area (Å²) in [4.78, 5) is 13.1. The van der Waals surface area contributed by atoms with E-state index in [4.69, 9.17) is 0 Å². The van der Waals surface area contributed by atoms with Gasteiger partial charge in [0.2, 0.25) is 0 Å². The van der Waals surface area contributed by atoms with Gasteiger partial charge >= 0.3 is 5.91 Å². The van der Waals surface area contributed by atoms with E-state index >= 15 is 0 Å². The number of benzene rings is 3. The van der Waals surface area contributed by atoms with Crippen LogP contribution in [0.2, 0.25) is 0 Å². The third-order valence-electron chi connectivity index (χ3n) is 4.23. The molecule has 4 rings (SSSR count).